The highest BCUT2D eigenvalue weighted by molar-refractivity contribution is 7.98. The predicted octanol–water partition coefficient (Wildman–Crippen LogP) is 5.54. The summed E-state index contributed by atoms with van der Waals surface area (Å²) in [5, 5.41) is 1.08. The molecule has 0 bridgehead atoms. The number of para-hydroxylation sites is 1. The smallest absolute Gasteiger partial charge is 0.0956 e. The van der Waals surface area contributed by atoms with Gasteiger partial charge in [0.2, 0.25) is 0 Å². The second-order valence-electron chi connectivity index (χ2n) is 4.52. The first-order valence-corrected chi connectivity index (χ1v) is 8.86. The van der Waals surface area contributed by atoms with Gasteiger partial charge >= 0.3 is 0 Å². The predicted molar refractivity (Wildman–Crippen MR) is 90.1 cm³/mol. The Labute approximate surface area is 132 Å². The van der Waals surface area contributed by atoms with E-state index in [2.05, 4.69) is 41.6 Å². The van der Waals surface area contributed by atoms with Crippen LogP contribution in [0.2, 0.25) is 0 Å². The van der Waals surface area contributed by atoms with E-state index in [9.17, 15) is 0 Å². The van der Waals surface area contributed by atoms with Gasteiger partial charge in [-0.3, -0.25) is 0 Å². The molecule has 20 heavy (non-hydrogen) atoms. The summed E-state index contributed by atoms with van der Waals surface area (Å²) < 4.78 is 1.23. The van der Waals surface area contributed by atoms with Gasteiger partial charge in [-0.25, -0.2) is 4.98 Å². The van der Waals surface area contributed by atoms with Crippen LogP contribution >= 0.6 is 34.7 Å². The van der Waals surface area contributed by atoms with Crippen molar-refractivity contribution in [2.45, 2.75) is 16.7 Å². The monoisotopic (exact) mass is 319 g/mol. The Morgan fingerprint density at radius 3 is 2.60 bits per heavy atom. The van der Waals surface area contributed by atoms with Gasteiger partial charge in [-0.2, -0.15) is 0 Å². The molecule has 1 unspecified atom stereocenters. The van der Waals surface area contributed by atoms with Crippen LogP contribution in [0.4, 0.5) is 0 Å². The average molecular weight is 320 g/mol. The molecule has 0 amide bonds. The Morgan fingerprint density at radius 1 is 1.15 bits per heavy atom. The first-order valence-electron chi connectivity index (χ1n) is 6.39. The van der Waals surface area contributed by atoms with Crippen LogP contribution in [0.1, 0.15) is 15.9 Å². The van der Waals surface area contributed by atoms with Crippen LogP contribution in [0.25, 0.3) is 10.2 Å². The second-order valence-corrected chi connectivity index (χ2v) is 7.04. The number of rotatable bonds is 4. The zero-order valence-electron chi connectivity index (χ0n) is 11.0. The quantitative estimate of drug-likeness (QED) is 0.462. The zero-order valence-corrected chi connectivity index (χ0v) is 13.4. The molecule has 4 heteroatoms. The summed E-state index contributed by atoms with van der Waals surface area (Å²) in [6.07, 6.45) is 2.85. The van der Waals surface area contributed by atoms with Crippen molar-refractivity contribution >= 4 is 44.9 Å². The number of thiazole rings is 1. The molecule has 0 aliphatic heterocycles. The number of aromatic nitrogens is 1. The van der Waals surface area contributed by atoms with Gasteiger partial charge in [-0.05, 0) is 36.1 Å². The van der Waals surface area contributed by atoms with Crippen molar-refractivity contribution in [1.29, 1.82) is 0 Å². The minimum atomic E-state index is -0.0218. The maximum absolute atomic E-state index is 6.52. The lowest BCUT2D eigenvalue weighted by Crippen LogP contribution is -1.95. The third-order valence-electron chi connectivity index (χ3n) is 3.17. The average Bonchev–Trinajstić information content (AvgIpc) is 2.89. The van der Waals surface area contributed by atoms with E-state index in [4.69, 9.17) is 11.6 Å². The van der Waals surface area contributed by atoms with Gasteiger partial charge in [0.05, 0.1) is 20.6 Å². The number of thioether (sulfide) groups is 1. The summed E-state index contributed by atoms with van der Waals surface area (Å²) in [4.78, 5) is 5.90. The van der Waals surface area contributed by atoms with Crippen LogP contribution in [-0.4, -0.2) is 11.2 Å². The van der Waals surface area contributed by atoms with Crippen LogP contribution in [-0.2, 0) is 6.42 Å². The van der Waals surface area contributed by atoms with Crippen molar-refractivity contribution in [3.63, 3.8) is 0 Å². The molecule has 0 saturated carbocycles. The summed E-state index contributed by atoms with van der Waals surface area (Å²) in [5.41, 5.74) is 2.22. The number of hydrogen-bond donors (Lipinski definition) is 0. The Morgan fingerprint density at radius 2 is 1.90 bits per heavy atom. The molecule has 2 aromatic carbocycles. The molecule has 0 spiro atoms. The Kier molecular flexibility index (Phi) is 4.29. The van der Waals surface area contributed by atoms with Crippen LogP contribution in [0, 0.1) is 0 Å². The number of nitrogens with zero attached hydrogens (tertiary/aromatic N) is 1. The van der Waals surface area contributed by atoms with E-state index in [0.29, 0.717) is 0 Å². The summed E-state index contributed by atoms with van der Waals surface area (Å²) in [6.45, 7) is 0. The fourth-order valence-electron chi connectivity index (χ4n) is 2.09. The molecule has 3 rings (SSSR count). The van der Waals surface area contributed by atoms with Crippen molar-refractivity contribution in [1.82, 2.24) is 4.98 Å². The molecule has 0 aliphatic rings. The largest absolute Gasteiger partial charge is 0.241 e. The number of halogens is 1. The fourth-order valence-corrected chi connectivity index (χ4v) is 3.90. The molecule has 0 fully saturated rings. The summed E-state index contributed by atoms with van der Waals surface area (Å²) in [6, 6.07) is 16.7. The highest BCUT2D eigenvalue weighted by Gasteiger charge is 2.12. The molecule has 102 valence electrons. The van der Waals surface area contributed by atoms with Crippen LogP contribution in [0.5, 0.6) is 0 Å². The van der Waals surface area contributed by atoms with Gasteiger partial charge in [0.1, 0.15) is 0 Å². The lowest BCUT2D eigenvalue weighted by atomic mass is 10.1. The van der Waals surface area contributed by atoms with Crippen LogP contribution in [0.3, 0.4) is 0 Å². The van der Waals surface area contributed by atoms with Gasteiger partial charge in [-0.1, -0.05) is 24.3 Å². The molecule has 1 aromatic heterocycles. The number of benzene rings is 2. The summed E-state index contributed by atoms with van der Waals surface area (Å²) in [5.74, 6) is 0. The SMILES string of the molecule is CSc1ccc(C(Cl)Cc2nc3ccccc3s2)cc1. The van der Waals surface area contributed by atoms with Crippen molar-refractivity contribution in [3.05, 3.63) is 59.1 Å². The minimum Gasteiger partial charge on any atom is -0.241 e. The standard InChI is InChI=1S/C16H14ClNS2/c1-19-12-8-6-11(7-9-12)13(17)10-16-18-14-4-2-3-5-15(14)20-16/h2-9,13H,10H2,1H3. The van der Waals surface area contributed by atoms with E-state index in [1.54, 1.807) is 23.1 Å². The maximum Gasteiger partial charge on any atom is 0.0956 e. The van der Waals surface area contributed by atoms with Gasteiger partial charge < -0.3 is 0 Å². The first-order chi connectivity index (χ1) is 9.76. The van der Waals surface area contributed by atoms with E-state index >= 15 is 0 Å². The zero-order chi connectivity index (χ0) is 13.9. The lowest BCUT2D eigenvalue weighted by Gasteiger charge is -2.08. The van der Waals surface area contributed by atoms with Crippen molar-refractivity contribution in [2.75, 3.05) is 6.26 Å². The molecule has 0 N–H and O–H groups in total. The summed E-state index contributed by atoms with van der Waals surface area (Å²) >= 11 is 9.99. The number of alkyl halides is 1. The Hall–Kier alpha value is -1.03. The van der Waals surface area contributed by atoms with Gasteiger partial charge in [-0.15, -0.1) is 34.7 Å². The second kappa shape index (κ2) is 6.17. The molecule has 3 aromatic rings. The third kappa shape index (κ3) is 3.00. The van der Waals surface area contributed by atoms with E-state index in [1.165, 1.54) is 9.60 Å². The molecule has 0 saturated heterocycles. The van der Waals surface area contributed by atoms with Crippen molar-refractivity contribution < 1.29 is 0 Å². The Bertz CT molecular complexity index is 673. The number of hydrogen-bond acceptors (Lipinski definition) is 3. The molecule has 0 aliphatic carbocycles. The summed E-state index contributed by atoms with van der Waals surface area (Å²) in [7, 11) is 0. The molecular weight excluding hydrogens is 306 g/mol. The Balaban J connectivity index is 1.78. The van der Waals surface area contributed by atoms with E-state index in [-0.39, 0.29) is 5.38 Å². The minimum absolute atomic E-state index is 0.0218. The molecule has 1 atom stereocenters. The normalized spacial score (nSPS) is 12.7. The van der Waals surface area contributed by atoms with E-state index < -0.39 is 0 Å². The molecule has 0 radical (unpaired) electrons. The van der Waals surface area contributed by atoms with Crippen LogP contribution < -0.4 is 0 Å². The fraction of sp³-hybridized carbons (Fsp3) is 0.188. The topological polar surface area (TPSA) is 12.9 Å². The first kappa shape index (κ1) is 13.9. The number of fused-ring (bicyclic) bond motifs is 1. The van der Waals surface area contributed by atoms with Gasteiger partial charge in [0, 0.05) is 11.3 Å². The van der Waals surface area contributed by atoms with Crippen molar-refractivity contribution in [2.24, 2.45) is 0 Å². The highest BCUT2D eigenvalue weighted by Crippen LogP contribution is 2.30. The molecule has 1 nitrogen and oxygen atoms in total. The van der Waals surface area contributed by atoms with E-state index in [1.807, 2.05) is 18.2 Å². The highest BCUT2D eigenvalue weighted by atomic mass is 35.5. The molecular formula is C16H14ClNS2. The van der Waals surface area contributed by atoms with Gasteiger partial charge in [0.25, 0.3) is 0 Å². The van der Waals surface area contributed by atoms with E-state index in [0.717, 1.165) is 22.5 Å². The lowest BCUT2D eigenvalue weighted by molar-refractivity contribution is 0.909. The maximum atomic E-state index is 6.52. The van der Waals surface area contributed by atoms with Crippen molar-refractivity contribution in [3.8, 4) is 0 Å². The third-order valence-corrected chi connectivity index (χ3v) is 5.38. The van der Waals surface area contributed by atoms with Crippen LogP contribution in [0.15, 0.2) is 53.4 Å². The van der Waals surface area contributed by atoms with Gasteiger partial charge in [0.15, 0.2) is 0 Å². The molecule has 1 heterocycles.